The van der Waals surface area contributed by atoms with E-state index >= 15 is 0 Å². The summed E-state index contributed by atoms with van der Waals surface area (Å²) in [6, 6.07) is 0. The third-order valence-electron chi connectivity index (χ3n) is 12.4. The summed E-state index contributed by atoms with van der Waals surface area (Å²) in [5.41, 5.74) is 0. The van der Waals surface area contributed by atoms with Crippen molar-refractivity contribution in [2.75, 3.05) is 19.8 Å². The van der Waals surface area contributed by atoms with E-state index in [2.05, 4.69) is 69.4 Å². The zero-order chi connectivity index (χ0) is 46.3. The maximum atomic E-state index is 12.8. The normalized spacial score (nSPS) is 12.5. The van der Waals surface area contributed by atoms with Crippen LogP contribution in [0.3, 0.4) is 0 Å². The van der Waals surface area contributed by atoms with Crippen LogP contribution in [0.5, 0.6) is 0 Å². The molecule has 64 heavy (non-hydrogen) atoms. The van der Waals surface area contributed by atoms with Crippen molar-refractivity contribution in [3.63, 3.8) is 0 Å². The van der Waals surface area contributed by atoms with Crippen molar-refractivity contribution in [2.24, 2.45) is 0 Å². The minimum Gasteiger partial charge on any atom is -0.462 e. The number of allylic oxidation sites excluding steroid dienone is 8. The van der Waals surface area contributed by atoms with E-state index in [1.807, 2.05) is 0 Å². The number of carbonyl (C=O) groups excluding carboxylic acids is 2. The van der Waals surface area contributed by atoms with Gasteiger partial charge in [0.15, 0.2) is 6.10 Å². The van der Waals surface area contributed by atoms with Gasteiger partial charge in [-0.05, 0) is 57.8 Å². The second-order valence-electron chi connectivity index (χ2n) is 18.8. The predicted molar refractivity (Wildman–Crippen MR) is 279 cm³/mol. The van der Waals surface area contributed by atoms with Crippen molar-refractivity contribution >= 4 is 11.9 Å². The van der Waals surface area contributed by atoms with Gasteiger partial charge in [0, 0.05) is 19.4 Å². The monoisotopic (exact) mass is 897 g/mol. The molecule has 0 spiro atoms. The molecule has 0 radical (unpaired) electrons. The smallest absolute Gasteiger partial charge is 0.306 e. The van der Waals surface area contributed by atoms with Crippen molar-refractivity contribution in [1.29, 1.82) is 0 Å². The van der Waals surface area contributed by atoms with Crippen LogP contribution in [0.1, 0.15) is 290 Å². The lowest BCUT2D eigenvalue weighted by atomic mass is 10.0. The van der Waals surface area contributed by atoms with E-state index in [1.54, 1.807) is 0 Å². The summed E-state index contributed by atoms with van der Waals surface area (Å²) in [6.45, 7) is 7.74. The summed E-state index contributed by atoms with van der Waals surface area (Å²) in [5, 5.41) is 0. The van der Waals surface area contributed by atoms with Crippen LogP contribution in [0.25, 0.3) is 0 Å². The van der Waals surface area contributed by atoms with Crippen LogP contribution in [-0.4, -0.2) is 37.9 Å². The quantitative estimate of drug-likeness (QED) is 0.0346. The summed E-state index contributed by atoms with van der Waals surface area (Å²) in [5.74, 6) is -0.408. The lowest BCUT2D eigenvalue weighted by Gasteiger charge is -2.18. The Labute approximate surface area is 399 Å². The predicted octanol–water partition coefficient (Wildman–Crippen LogP) is 19.1. The van der Waals surface area contributed by atoms with E-state index in [0.717, 1.165) is 77.0 Å². The lowest BCUT2D eigenvalue weighted by molar-refractivity contribution is -0.163. The number of carbonyl (C=O) groups is 2. The first kappa shape index (κ1) is 61.9. The minimum atomic E-state index is -0.542. The number of esters is 2. The number of ether oxygens (including phenoxy) is 3. The van der Waals surface area contributed by atoms with Crippen LogP contribution >= 0.6 is 0 Å². The molecule has 0 bridgehead atoms. The summed E-state index contributed by atoms with van der Waals surface area (Å²) >= 11 is 0. The molecule has 0 rings (SSSR count). The standard InChI is InChI=1S/C59H108O5/c1-4-7-10-13-16-19-22-25-27-29-31-33-36-39-42-45-48-51-54-62-55-57(64-59(61)53-50-47-44-41-38-34-24-21-18-15-12-9-6-3)56-63-58(60)52-49-46-43-40-37-35-32-30-28-26-23-20-17-14-11-8-5-2/h8,11,17,20,26,28,32,35,57H,4-7,9-10,12-16,18-19,21-25,27,29-31,33-34,36-56H2,1-3H3/b11-8-,20-17-,28-26-,35-32-. The molecular formula is C59H108O5. The topological polar surface area (TPSA) is 61.8 Å². The first-order chi connectivity index (χ1) is 31.6. The molecule has 0 aliphatic rings. The van der Waals surface area contributed by atoms with Gasteiger partial charge < -0.3 is 14.2 Å². The number of rotatable bonds is 52. The Hall–Kier alpha value is -2.14. The minimum absolute atomic E-state index is 0.0775. The Morgan fingerprint density at radius 3 is 1.12 bits per heavy atom. The molecule has 0 aliphatic heterocycles. The molecule has 0 N–H and O–H groups in total. The van der Waals surface area contributed by atoms with E-state index in [-0.39, 0.29) is 25.2 Å². The summed E-state index contributed by atoms with van der Waals surface area (Å²) < 4.78 is 17.5. The first-order valence-corrected chi connectivity index (χ1v) is 28.2. The Bertz CT molecular complexity index is 1060. The molecule has 0 aliphatic carbocycles. The van der Waals surface area contributed by atoms with Crippen LogP contribution < -0.4 is 0 Å². The van der Waals surface area contributed by atoms with Gasteiger partial charge in [0.05, 0.1) is 6.61 Å². The second kappa shape index (κ2) is 55.2. The van der Waals surface area contributed by atoms with Gasteiger partial charge in [-0.3, -0.25) is 9.59 Å². The highest BCUT2D eigenvalue weighted by molar-refractivity contribution is 5.70. The van der Waals surface area contributed by atoms with Gasteiger partial charge in [0.2, 0.25) is 0 Å². The highest BCUT2D eigenvalue weighted by atomic mass is 16.6. The van der Waals surface area contributed by atoms with Crippen molar-refractivity contribution < 1.29 is 23.8 Å². The van der Waals surface area contributed by atoms with Crippen molar-refractivity contribution in [3.8, 4) is 0 Å². The van der Waals surface area contributed by atoms with E-state index in [1.165, 1.54) is 180 Å². The SMILES string of the molecule is CC/C=C\C/C=C\C/C=C\C/C=C\CCCCCCC(=O)OCC(COCCCCCCCCCCCCCCCCCCCC)OC(=O)CCCCCCCCCCCCCCC. The van der Waals surface area contributed by atoms with Crippen molar-refractivity contribution in [2.45, 2.75) is 297 Å². The van der Waals surface area contributed by atoms with Crippen LogP contribution in [0, 0.1) is 0 Å². The largest absolute Gasteiger partial charge is 0.462 e. The van der Waals surface area contributed by atoms with Crippen LogP contribution in [0.4, 0.5) is 0 Å². The number of unbranched alkanes of at least 4 members (excludes halogenated alkanes) is 33. The molecule has 0 saturated heterocycles. The molecule has 0 aromatic rings. The maximum Gasteiger partial charge on any atom is 0.306 e. The van der Waals surface area contributed by atoms with E-state index in [0.29, 0.717) is 19.4 Å². The molecule has 1 unspecified atom stereocenters. The van der Waals surface area contributed by atoms with Gasteiger partial charge in [-0.15, -0.1) is 0 Å². The summed E-state index contributed by atoms with van der Waals surface area (Å²) in [4.78, 5) is 25.5. The highest BCUT2D eigenvalue weighted by Gasteiger charge is 2.17. The van der Waals surface area contributed by atoms with Crippen LogP contribution in [0.15, 0.2) is 48.6 Å². The number of hydrogen-bond acceptors (Lipinski definition) is 5. The Morgan fingerprint density at radius 1 is 0.359 bits per heavy atom. The van der Waals surface area contributed by atoms with Gasteiger partial charge >= 0.3 is 11.9 Å². The van der Waals surface area contributed by atoms with Gasteiger partial charge in [-0.2, -0.15) is 0 Å². The Morgan fingerprint density at radius 2 is 0.703 bits per heavy atom. The molecule has 374 valence electrons. The van der Waals surface area contributed by atoms with E-state index in [4.69, 9.17) is 14.2 Å². The molecular weight excluding hydrogens is 789 g/mol. The van der Waals surface area contributed by atoms with Crippen molar-refractivity contribution in [1.82, 2.24) is 0 Å². The molecule has 0 fully saturated rings. The molecule has 0 aromatic carbocycles. The van der Waals surface area contributed by atoms with Gasteiger partial charge in [0.1, 0.15) is 6.61 Å². The fourth-order valence-corrected chi connectivity index (χ4v) is 8.21. The zero-order valence-corrected chi connectivity index (χ0v) is 43.1. The lowest BCUT2D eigenvalue weighted by Crippen LogP contribution is -2.30. The van der Waals surface area contributed by atoms with Crippen LogP contribution in [0.2, 0.25) is 0 Å². The van der Waals surface area contributed by atoms with Gasteiger partial charge in [-0.1, -0.05) is 268 Å². The molecule has 0 amide bonds. The van der Waals surface area contributed by atoms with Crippen LogP contribution in [-0.2, 0) is 23.8 Å². The molecule has 1 atom stereocenters. The zero-order valence-electron chi connectivity index (χ0n) is 43.1. The average Bonchev–Trinajstić information content (AvgIpc) is 3.30. The fraction of sp³-hybridized carbons (Fsp3) is 0.831. The third-order valence-corrected chi connectivity index (χ3v) is 12.4. The Balaban J connectivity index is 4.25. The third kappa shape index (κ3) is 52.5. The average molecular weight is 898 g/mol. The van der Waals surface area contributed by atoms with E-state index < -0.39 is 6.10 Å². The molecule has 5 heteroatoms. The maximum absolute atomic E-state index is 12.8. The first-order valence-electron chi connectivity index (χ1n) is 28.2. The van der Waals surface area contributed by atoms with E-state index in [9.17, 15) is 9.59 Å². The van der Waals surface area contributed by atoms with Gasteiger partial charge in [0.25, 0.3) is 0 Å². The molecule has 0 saturated carbocycles. The number of hydrogen-bond donors (Lipinski definition) is 0. The molecule has 0 aromatic heterocycles. The molecule has 5 nitrogen and oxygen atoms in total. The highest BCUT2D eigenvalue weighted by Crippen LogP contribution is 2.16. The summed E-state index contributed by atoms with van der Waals surface area (Å²) in [6.07, 6.45) is 68.4. The van der Waals surface area contributed by atoms with Gasteiger partial charge in [-0.25, -0.2) is 0 Å². The Kier molecular flexibility index (Phi) is 53.3. The molecule has 0 heterocycles. The van der Waals surface area contributed by atoms with Crippen molar-refractivity contribution in [3.05, 3.63) is 48.6 Å². The second-order valence-corrected chi connectivity index (χ2v) is 18.8. The summed E-state index contributed by atoms with van der Waals surface area (Å²) in [7, 11) is 0. The fourth-order valence-electron chi connectivity index (χ4n) is 8.21.